The zero-order valence-corrected chi connectivity index (χ0v) is 18.4. The molecule has 0 atom stereocenters. The number of hydrogen-bond donors (Lipinski definition) is 0. The monoisotopic (exact) mass is 436 g/mol. The predicted octanol–water partition coefficient (Wildman–Crippen LogP) is 0.743. The van der Waals surface area contributed by atoms with Crippen LogP contribution in [0.3, 0.4) is 0 Å². The second-order valence-corrected chi connectivity index (χ2v) is 9.34. The second kappa shape index (κ2) is 8.73. The van der Waals surface area contributed by atoms with Gasteiger partial charge in [-0.15, -0.1) is 0 Å². The first-order valence-electron chi connectivity index (χ1n) is 10.2. The first-order chi connectivity index (χ1) is 14.2. The summed E-state index contributed by atoms with van der Waals surface area (Å²) in [7, 11) is -2.22. The summed E-state index contributed by atoms with van der Waals surface area (Å²) in [6, 6.07) is 4.22. The average molecular weight is 437 g/mol. The van der Waals surface area contributed by atoms with Crippen LogP contribution >= 0.6 is 0 Å². The molecule has 0 saturated carbocycles. The summed E-state index contributed by atoms with van der Waals surface area (Å²) in [5.74, 6) is -0.0839. The molecule has 0 radical (unpaired) electrons. The number of carbonyl (C=O) groups is 1. The summed E-state index contributed by atoms with van der Waals surface area (Å²) in [6.07, 6.45) is 1.98. The lowest BCUT2D eigenvalue weighted by molar-refractivity contribution is -0.130. The number of benzene rings is 1. The molecule has 30 heavy (non-hydrogen) atoms. The Morgan fingerprint density at radius 1 is 1.10 bits per heavy atom. The van der Waals surface area contributed by atoms with Crippen molar-refractivity contribution in [2.24, 2.45) is 7.05 Å². The molecule has 1 aromatic heterocycles. The van der Waals surface area contributed by atoms with Crippen LogP contribution < -0.4 is 11.2 Å². The molecule has 1 aliphatic rings. The summed E-state index contributed by atoms with van der Waals surface area (Å²) in [4.78, 5) is 39.8. The highest BCUT2D eigenvalue weighted by Crippen LogP contribution is 2.19. The molecule has 1 fully saturated rings. The standard InChI is InChI=1S/C20H28N4O5S/c1-4-23(5-2)30(28,29)15-8-9-17-16(14-15)19(26)24(20(27)21(17)3)13-10-18(25)22-11-6-7-12-22/h8-9,14H,4-7,10-13H2,1-3H3. The molecule has 0 N–H and O–H groups in total. The maximum absolute atomic E-state index is 13.0. The van der Waals surface area contributed by atoms with Crippen LogP contribution in [-0.4, -0.2) is 58.8 Å². The fraction of sp³-hybridized carbons (Fsp3) is 0.550. The van der Waals surface area contributed by atoms with Gasteiger partial charge in [0.2, 0.25) is 15.9 Å². The number of aryl methyl sites for hydroxylation is 1. The van der Waals surface area contributed by atoms with E-state index in [4.69, 9.17) is 0 Å². The van der Waals surface area contributed by atoms with E-state index in [1.54, 1.807) is 18.7 Å². The van der Waals surface area contributed by atoms with E-state index in [0.29, 0.717) is 31.7 Å². The molecule has 1 aromatic carbocycles. The van der Waals surface area contributed by atoms with E-state index in [0.717, 1.165) is 17.4 Å². The number of likely N-dealkylation sites (tertiary alicyclic amines) is 1. The van der Waals surface area contributed by atoms with Crippen LogP contribution in [0, 0.1) is 0 Å². The molecule has 10 heteroatoms. The van der Waals surface area contributed by atoms with Crippen LogP contribution in [0.1, 0.15) is 33.1 Å². The predicted molar refractivity (Wildman–Crippen MR) is 114 cm³/mol. The summed E-state index contributed by atoms with van der Waals surface area (Å²) in [6.45, 7) is 5.49. The molecule has 0 aliphatic carbocycles. The van der Waals surface area contributed by atoms with E-state index < -0.39 is 21.3 Å². The highest BCUT2D eigenvalue weighted by atomic mass is 32.2. The van der Waals surface area contributed by atoms with E-state index in [-0.39, 0.29) is 29.2 Å². The number of carbonyl (C=O) groups excluding carboxylic acids is 1. The molecule has 0 unspecified atom stereocenters. The van der Waals surface area contributed by atoms with E-state index in [2.05, 4.69) is 0 Å². The molecule has 2 heterocycles. The first kappa shape index (κ1) is 22.2. The lowest BCUT2D eigenvalue weighted by Crippen LogP contribution is -2.40. The van der Waals surface area contributed by atoms with Gasteiger partial charge in [-0.3, -0.25) is 18.7 Å². The fourth-order valence-electron chi connectivity index (χ4n) is 3.90. The summed E-state index contributed by atoms with van der Waals surface area (Å²) in [5.41, 5.74) is -0.759. The van der Waals surface area contributed by atoms with Crippen LogP contribution in [0.25, 0.3) is 10.9 Å². The maximum atomic E-state index is 13.0. The highest BCUT2D eigenvalue weighted by Gasteiger charge is 2.24. The minimum atomic E-state index is -3.75. The largest absolute Gasteiger partial charge is 0.343 e. The van der Waals surface area contributed by atoms with Gasteiger partial charge in [0.15, 0.2) is 0 Å². The van der Waals surface area contributed by atoms with Gasteiger partial charge in [-0.05, 0) is 31.0 Å². The molecular weight excluding hydrogens is 408 g/mol. The Bertz CT molecular complexity index is 1170. The molecule has 0 spiro atoms. The zero-order valence-electron chi connectivity index (χ0n) is 17.6. The van der Waals surface area contributed by atoms with Crippen LogP contribution in [0.4, 0.5) is 0 Å². The van der Waals surface area contributed by atoms with Crippen LogP contribution in [-0.2, 0) is 28.4 Å². The third-order valence-electron chi connectivity index (χ3n) is 5.67. The molecule has 1 saturated heterocycles. The van der Waals surface area contributed by atoms with Gasteiger partial charge in [0.1, 0.15) is 0 Å². The van der Waals surface area contributed by atoms with Crippen LogP contribution in [0.2, 0.25) is 0 Å². The SMILES string of the molecule is CCN(CC)S(=O)(=O)c1ccc2c(c1)c(=O)n(CCC(=O)N1CCCC1)c(=O)n2C. The minimum Gasteiger partial charge on any atom is -0.343 e. The quantitative estimate of drug-likeness (QED) is 0.637. The van der Waals surface area contributed by atoms with E-state index in [9.17, 15) is 22.8 Å². The summed E-state index contributed by atoms with van der Waals surface area (Å²) < 4.78 is 29.3. The van der Waals surface area contributed by atoms with Gasteiger partial charge in [-0.25, -0.2) is 13.2 Å². The van der Waals surface area contributed by atoms with Gasteiger partial charge < -0.3 is 4.90 Å². The van der Waals surface area contributed by atoms with E-state index >= 15 is 0 Å². The van der Waals surface area contributed by atoms with Gasteiger partial charge in [-0.2, -0.15) is 4.31 Å². The molecule has 1 amide bonds. The Labute approximate surface area is 175 Å². The molecule has 9 nitrogen and oxygen atoms in total. The molecule has 1 aliphatic heterocycles. The number of sulfonamides is 1. The lowest BCUT2D eigenvalue weighted by atomic mass is 10.2. The van der Waals surface area contributed by atoms with Crippen molar-refractivity contribution in [1.82, 2.24) is 18.3 Å². The van der Waals surface area contributed by atoms with Crippen molar-refractivity contribution < 1.29 is 13.2 Å². The number of nitrogens with zero attached hydrogens (tertiary/aromatic N) is 4. The van der Waals surface area contributed by atoms with Crippen molar-refractivity contribution in [3.8, 4) is 0 Å². The van der Waals surface area contributed by atoms with Crippen molar-refractivity contribution in [3.63, 3.8) is 0 Å². The van der Waals surface area contributed by atoms with Gasteiger partial charge >= 0.3 is 5.69 Å². The molecule has 3 rings (SSSR count). The number of amides is 1. The number of hydrogen-bond acceptors (Lipinski definition) is 5. The zero-order chi connectivity index (χ0) is 22.1. The van der Waals surface area contributed by atoms with E-state index in [1.165, 1.54) is 34.1 Å². The Hall–Kier alpha value is -2.46. The third kappa shape index (κ3) is 3.93. The fourth-order valence-corrected chi connectivity index (χ4v) is 5.38. The number of fused-ring (bicyclic) bond motifs is 1. The Balaban J connectivity index is 2.04. The van der Waals surface area contributed by atoms with Crippen molar-refractivity contribution in [2.75, 3.05) is 26.2 Å². The van der Waals surface area contributed by atoms with Crippen LogP contribution in [0.15, 0.2) is 32.7 Å². The lowest BCUT2D eigenvalue weighted by Gasteiger charge is -2.19. The van der Waals surface area contributed by atoms with Crippen molar-refractivity contribution in [1.29, 1.82) is 0 Å². The second-order valence-electron chi connectivity index (χ2n) is 7.40. The molecule has 0 bridgehead atoms. The highest BCUT2D eigenvalue weighted by molar-refractivity contribution is 7.89. The summed E-state index contributed by atoms with van der Waals surface area (Å²) in [5, 5.41) is 0.138. The average Bonchev–Trinajstić information content (AvgIpc) is 3.27. The summed E-state index contributed by atoms with van der Waals surface area (Å²) >= 11 is 0. The number of rotatable bonds is 7. The molecule has 164 valence electrons. The normalized spacial score (nSPS) is 14.7. The third-order valence-corrected chi connectivity index (χ3v) is 7.72. The minimum absolute atomic E-state index is 0.00846. The van der Waals surface area contributed by atoms with Gasteiger partial charge in [-0.1, -0.05) is 13.8 Å². The molecular formula is C20H28N4O5S. The first-order valence-corrected chi connectivity index (χ1v) is 11.7. The maximum Gasteiger partial charge on any atom is 0.331 e. The van der Waals surface area contributed by atoms with Gasteiger partial charge in [0, 0.05) is 46.2 Å². The van der Waals surface area contributed by atoms with Crippen LogP contribution in [0.5, 0.6) is 0 Å². The Morgan fingerprint density at radius 2 is 1.73 bits per heavy atom. The van der Waals surface area contributed by atoms with Gasteiger partial charge in [0.25, 0.3) is 5.56 Å². The smallest absolute Gasteiger partial charge is 0.331 e. The topological polar surface area (TPSA) is 102 Å². The van der Waals surface area contributed by atoms with Crippen molar-refractivity contribution in [2.45, 2.75) is 44.6 Å². The molecule has 2 aromatic rings. The Kier molecular flexibility index (Phi) is 6.47. The van der Waals surface area contributed by atoms with Crippen molar-refractivity contribution in [3.05, 3.63) is 39.0 Å². The van der Waals surface area contributed by atoms with Gasteiger partial charge in [0.05, 0.1) is 15.8 Å². The number of aromatic nitrogens is 2. The Morgan fingerprint density at radius 3 is 2.33 bits per heavy atom. The van der Waals surface area contributed by atoms with Crippen molar-refractivity contribution >= 4 is 26.8 Å². The van der Waals surface area contributed by atoms with E-state index in [1.807, 2.05) is 0 Å².